The highest BCUT2D eigenvalue weighted by molar-refractivity contribution is 7.80. The summed E-state index contributed by atoms with van der Waals surface area (Å²) in [4.78, 5) is 0.879. The molecule has 0 fully saturated rings. The Morgan fingerprint density at radius 3 is 2.71 bits per heavy atom. The van der Waals surface area contributed by atoms with Crippen molar-refractivity contribution < 1.29 is 0 Å². The Labute approximate surface area is 137 Å². The van der Waals surface area contributed by atoms with Gasteiger partial charge in [-0.2, -0.15) is 0 Å². The van der Waals surface area contributed by atoms with Gasteiger partial charge < -0.3 is 0 Å². The van der Waals surface area contributed by atoms with E-state index in [1.165, 1.54) is 4.20 Å². The highest BCUT2D eigenvalue weighted by Crippen LogP contribution is 2.42. The Balaban J connectivity index is 1.93. The molecule has 3 aromatic rings. The Bertz CT molecular complexity index is 848. The Hall–Kier alpha value is -1.55. The molecule has 2 aromatic carbocycles. The zero-order valence-corrected chi connectivity index (χ0v) is 13.2. The molecule has 1 aliphatic rings. The lowest BCUT2D eigenvalue weighted by molar-refractivity contribution is 0.611. The molecule has 2 heterocycles. The summed E-state index contributed by atoms with van der Waals surface area (Å²) in [6.07, 6.45) is 0. The summed E-state index contributed by atoms with van der Waals surface area (Å²) < 4.78 is 2.86. The van der Waals surface area contributed by atoms with Crippen LogP contribution in [-0.2, 0) is 0 Å². The topological polar surface area (TPSA) is 49.2 Å². The zero-order chi connectivity index (χ0) is 14.6. The molecule has 106 valence electrons. The van der Waals surface area contributed by atoms with Gasteiger partial charge in [0, 0.05) is 4.90 Å². The first kappa shape index (κ1) is 13.1. The molecule has 4 rings (SSSR count). The molecule has 0 radical (unpaired) electrons. The van der Waals surface area contributed by atoms with Crippen LogP contribution >= 0.6 is 38.3 Å². The van der Waals surface area contributed by atoms with E-state index in [0.717, 1.165) is 33.0 Å². The highest BCUT2D eigenvalue weighted by Gasteiger charge is 2.28. The molecule has 21 heavy (non-hydrogen) atoms. The molecular weight excluding hydrogens is 324 g/mol. The van der Waals surface area contributed by atoms with E-state index < -0.39 is 0 Å². The van der Waals surface area contributed by atoms with Crippen molar-refractivity contribution in [3.63, 3.8) is 0 Å². The molecule has 0 saturated carbocycles. The van der Waals surface area contributed by atoms with Crippen LogP contribution in [0.3, 0.4) is 0 Å². The molecule has 0 atom stereocenters. The van der Waals surface area contributed by atoms with Crippen molar-refractivity contribution in [3.05, 3.63) is 36.4 Å². The van der Waals surface area contributed by atoms with Crippen LogP contribution in [0.25, 0.3) is 11.0 Å². The van der Waals surface area contributed by atoms with Gasteiger partial charge in [-0.25, -0.2) is 5.01 Å². The third-order valence-corrected chi connectivity index (χ3v) is 3.96. The fraction of sp³-hybridized carbons (Fsp3) is 0. The Morgan fingerprint density at radius 1 is 1.00 bits per heavy atom. The molecule has 0 bridgehead atoms. The maximum atomic E-state index is 4.46. The second-order valence-electron chi connectivity index (χ2n) is 4.53. The maximum Gasteiger partial charge on any atom is 0.139 e. The summed E-state index contributed by atoms with van der Waals surface area (Å²) in [5, 5.41) is 10.4. The number of hydrogen-bond donors (Lipinski definition) is 4. The molecule has 0 saturated heterocycles. The number of aromatic nitrogens is 3. The van der Waals surface area contributed by atoms with Gasteiger partial charge in [0.05, 0.1) is 17.1 Å². The van der Waals surface area contributed by atoms with Crippen LogP contribution in [0.5, 0.6) is 0 Å². The first-order chi connectivity index (χ1) is 10.1. The largest absolute Gasteiger partial charge is 0.289 e. The van der Waals surface area contributed by atoms with Crippen molar-refractivity contribution in [2.75, 3.05) is 10.4 Å². The summed E-state index contributed by atoms with van der Waals surface area (Å²) in [5.41, 5.74) is 7.42. The quantitative estimate of drug-likeness (QED) is 0.516. The second kappa shape index (κ2) is 4.73. The summed E-state index contributed by atoms with van der Waals surface area (Å²) in [6, 6.07) is 11.6. The molecule has 0 aliphatic carbocycles. The fourth-order valence-electron chi connectivity index (χ4n) is 2.37. The van der Waals surface area contributed by atoms with E-state index in [9.17, 15) is 0 Å². The first-order valence-corrected chi connectivity index (χ1v) is 7.32. The highest BCUT2D eigenvalue weighted by atomic mass is 32.1. The van der Waals surface area contributed by atoms with Gasteiger partial charge in [-0.05, 0) is 43.1 Å². The molecule has 1 N–H and O–H groups in total. The fourth-order valence-corrected chi connectivity index (χ4v) is 3.06. The van der Waals surface area contributed by atoms with Crippen LogP contribution in [0.4, 0.5) is 17.1 Å². The predicted octanol–water partition coefficient (Wildman–Crippen LogP) is 2.95. The number of hydrogen-bond acceptors (Lipinski definition) is 8. The van der Waals surface area contributed by atoms with Crippen molar-refractivity contribution >= 4 is 66.4 Å². The van der Waals surface area contributed by atoms with Crippen molar-refractivity contribution in [1.29, 1.82) is 0 Å². The molecular formula is C12H10N6S3. The first-order valence-electron chi connectivity index (χ1n) is 6.07. The van der Waals surface area contributed by atoms with Gasteiger partial charge in [-0.1, -0.05) is 23.4 Å². The smallest absolute Gasteiger partial charge is 0.139 e. The van der Waals surface area contributed by atoms with Crippen LogP contribution in [-0.4, -0.2) is 18.9 Å². The predicted molar refractivity (Wildman–Crippen MR) is 92.2 cm³/mol. The van der Waals surface area contributed by atoms with E-state index in [0.29, 0.717) is 0 Å². The average molecular weight is 334 g/mol. The lowest BCUT2D eigenvalue weighted by Gasteiger charge is -2.24. The standard InChI is InChI=1S/C12H10N6S3/c19-7-4-5-10-9(6-7)14-18(21)16(10)11-3-1-2-8-12(11)15-17(20)13-8/h1-6,14,19-21H. The Kier molecular flexibility index (Phi) is 2.96. The van der Waals surface area contributed by atoms with Crippen molar-refractivity contribution in [1.82, 2.24) is 18.9 Å². The van der Waals surface area contributed by atoms with Gasteiger partial charge in [-0.15, -0.1) is 27.0 Å². The SMILES string of the molecule is Sc1ccc2c(c1)NN(S)N2c1cccc2nn(S)nc12. The van der Waals surface area contributed by atoms with Crippen LogP contribution in [0.2, 0.25) is 0 Å². The molecule has 1 aromatic heterocycles. The minimum absolute atomic E-state index is 0.746. The van der Waals surface area contributed by atoms with E-state index in [-0.39, 0.29) is 0 Å². The number of fused-ring (bicyclic) bond motifs is 2. The van der Waals surface area contributed by atoms with Crippen molar-refractivity contribution in [3.8, 4) is 0 Å². The van der Waals surface area contributed by atoms with Crippen molar-refractivity contribution in [2.45, 2.75) is 4.90 Å². The lowest BCUT2D eigenvalue weighted by atomic mass is 10.2. The van der Waals surface area contributed by atoms with E-state index in [4.69, 9.17) is 0 Å². The van der Waals surface area contributed by atoms with E-state index in [1.807, 2.05) is 41.4 Å². The summed E-state index contributed by atoms with van der Waals surface area (Å²) in [5.74, 6) is 0. The normalized spacial score (nSPS) is 14.5. The van der Waals surface area contributed by atoms with Crippen LogP contribution in [0, 0.1) is 0 Å². The third kappa shape index (κ3) is 2.04. The summed E-state index contributed by atoms with van der Waals surface area (Å²) in [7, 11) is 0. The number of nitrogens with one attached hydrogen (secondary N) is 1. The average Bonchev–Trinajstić information content (AvgIpc) is 2.96. The second-order valence-corrected chi connectivity index (χ2v) is 5.78. The summed E-state index contributed by atoms with van der Waals surface area (Å²) >= 11 is 13.0. The van der Waals surface area contributed by atoms with E-state index in [1.54, 1.807) is 4.52 Å². The molecule has 0 amide bonds. The maximum absolute atomic E-state index is 4.46. The van der Waals surface area contributed by atoms with Gasteiger partial charge in [0.2, 0.25) is 0 Å². The zero-order valence-electron chi connectivity index (χ0n) is 10.5. The van der Waals surface area contributed by atoms with Crippen LogP contribution in [0.15, 0.2) is 41.3 Å². The minimum Gasteiger partial charge on any atom is -0.289 e. The van der Waals surface area contributed by atoms with Gasteiger partial charge in [0.25, 0.3) is 0 Å². The number of rotatable bonds is 1. The molecule has 9 heteroatoms. The van der Waals surface area contributed by atoms with E-state index in [2.05, 4.69) is 53.9 Å². The molecule has 1 aliphatic heterocycles. The molecule has 0 spiro atoms. The Morgan fingerprint density at radius 2 is 1.86 bits per heavy atom. The number of thiol groups is 3. The lowest BCUT2D eigenvalue weighted by Crippen LogP contribution is -2.29. The van der Waals surface area contributed by atoms with Gasteiger partial charge >= 0.3 is 0 Å². The molecule has 6 nitrogen and oxygen atoms in total. The minimum atomic E-state index is 0.746. The van der Waals surface area contributed by atoms with Crippen molar-refractivity contribution in [2.24, 2.45) is 0 Å². The van der Waals surface area contributed by atoms with Crippen LogP contribution < -0.4 is 10.4 Å². The monoisotopic (exact) mass is 334 g/mol. The third-order valence-electron chi connectivity index (χ3n) is 3.23. The van der Waals surface area contributed by atoms with Gasteiger partial charge in [0.1, 0.15) is 11.0 Å². The van der Waals surface area contributed by atoms with Gasteiger partial charge in [0.15, 0.2) is 0 Å². The molecule has 0 unspecified atom stereocenters. The number of nitrogens with zero attached hydrogens (tertiary/aromatic N) is 5. The van der Waals surface area contributed by atoms with Crippen LogP contribution in [0.1, 0.15) is 0 Å². The van der Waals surface area contributed by atoms with E-state index >= 15 is 0 Å². The number of benzene rings is 2. The van der Waals surface area contributed by atoms with Gasteiger partial charge in [-0.3, -0.25) is 5.43 Å². The number of anilines is 3. The number of hydrazine groups is 2. The summed E-state index contributed by atoms with van der Waals surface area (Å²) in [6.45, 7) is 0.